The van der Waals surface area contributed by atoms with Gasteiger partial charge in [-0.3, -0.25) is 0 Å². The molecule has 1 saturated carbocycles. The van der Waals surface area contributed by atoms with Crippen LogP contribution < -0.4 is 10.6 Å². The van der Waals surface area contributed by atoms with Gasteiger partial charge in [0, 0.05) is 24.0 Å². The largest absolute Gasteiger partial charge is 0.396 e. The maximum absolute atomic E-state index is 13.6. The summed E-state index contributed by atoms with van der Waals surface area (Å²) in [5, 5.41) is 9.37. The molecule has 1 aromatic rings. The Hall–Kier alpha value is -0.980. The monoisotopic (exact) mass is 258 g/mol. The first-order valence-corrected chi connectivity index (χ1v) is 5.70. The lowest BCUT2D eigenvalue weighted by atomic mass is 10.1. The van der Waals surface area contributed by atoms with Crippen LogP contribution in [0.3, 0.4) is 0 Å². The zero-order valence-electron chi connectivity index (χ0n) is 9.03. The number of fused-ring (bicyclic) bond motifs is 1. The lowest BCUT2D eigenvalue weighted by Crippen LogP contribution is -2.34. The molecule has 0 spiro atoms. The molecule has 0 bridgehead atoms. The summed E-state index contributed by atoms with van der Waals surface area (Å²) in [4.78, 5) is 9.17. The Kier molecular flexibility index (Phi) is 2.14. The van der Waals surface area contributed by atoms with E-state index in [2.05, 4.69) is 9.97 Å². The summed E-state index contributed by atoms with van der Waals surface area (Å²) in [6.07, 6.45) is 1.82. The summed E-state index contributed by atoms with van der Waals surface area (Å²) in [7, 11) is 0. The number of nitrogens with two attached hydrogens (primary N) is 1. The van der Waals surface area contributed by atoms with E-state index in [1.165, 1.54) is 0 Å². The second-order valence-electron chi connectivity index (χ2n) is 4.94. The van der Waals surface area contributed by atoms with Crippen LogP contribution in [0.5, 0.6) is 0 Å². The zero-order valence-corrected chi connectivity index (χ0v) is 9.78. The van der Waals surface area contributed by atoms with E-state index < -0.39 is 11.4 Å². The van der Waals surface area contributed by atoms with E-state index in [4.69, 9.17) is 17.3 Å². The van der Waals surface area contributed by atoms with Crippen LogP contribution >= 0.6 is 11.6 Å². The maximum atomic E-state index is 13.6. The van der Waals surface area contributed by atoms with E-state index in [0.29, 0.717) is 13.1 Å². The Morgan fingerprint density at radius 1 is 1.59 bits per heavy atom. The molecule has 1 aliphatic carbocycles. The predicted molar refractivity (Wildman–Crippen MR) is 60.3 cm³/mol. The molecule has 1 saturated heterocycles. The quantitative estimate of drug-likeness (QED) is 0.740. The Labute approximate surface area is 102 Å². The molecule has 2 aliphatic rings. The fourth-order valence-electron chi connectivity index (χ4n) is 2.73. The van der Waals surface area contributed by atoms with E-state index in [1.54, 1.807) is 4.90 Å². The average molecular weight is 259 g/mol. The second kappa shape index (κ2) is 3.28. The summed E-state index contributed by atoms with van der Waals surface area (Å²) < 4.78 is 13.6. The second-order valence-corrected chi connectivity index (χ2v) is 5.28. The fraction of sp³-hybridized carbons (Fsp3) is 0.600. The maximum Gasteiger partial charge on any atom is 0.224 e. The van der Waals surface area contributed by atoms with Crippen molar-refractivity contribution in [1.82, 2.24) is 9.97 Å². The number of aliphatic hydroxyl groups excluding tert-OH is 1. The third kappa shape index (κ3) is 1.44. The van der Waals surface area contributed by atoms with Gasteiger partial charge in [0.15, 0.2) is 11.6 Å². The molecule has 0 aromatic carbocycles. The summed E-state index contributed by atoms with van der Waals surface area (Å²) in [5.74, 6) is -0.359. The minimum atomic E-state index is -0.521. The molecule has 0 radical (unpaired) electrons. The van der Waals surface area contributed by atoms with Gasteiger partial charge >= 0.3 is 0 Å². The number of hydrogen-bond donors (Lipinski definition) is 2. The normalized spacial score (nSPS) is 34.9. The number of aromatic nitrogens is 2. The number of anilines is 1. The molecule has 5 nitrogen and oxygen atoms in total. The van der Waals surface area contributed by atoms with E-state index in [9.17, 15) is 9.50 Å². The average Bonchev–Trinajstić information content (AvgIpc) is 2.76. The van der Waals surface area contributed by atoms with Gasteiger partial charge in [-0.05, 0) is 18.0 Å². The first kappa shape index (κ1) is 11.1. The number of rotatable bonds is 2. The topological polar surface area (TPSA) is 75.3 Å². The Morgan fingerprint density at radius 2 is 2.35 bits per heavy atom. The molecule has 1 aliphatic heterocycles. The van der Waals surface area contributed by atoms with Crippen LogP contribution in [0, 0.1) is 11.2 Å². The van der Waals surface area contributed by atoms with Gasteiger partial charge < -0.3 is 15.7 Å². The highest BCUT2D eigenvalue weighted by molar-refractivity contribution is 6.28. The number of hydrogen-bond acceptors (Lipinski definition) is 5. The summed E-state index contributed by atoms with van der Waals surface area (Å²) in [6.45, 7) is 1.00. The highest BCUT2D eigenvalue weighted by Crippen LogP contribution is 2.59. The summed E-state index contributed by atoms with van der Waals surface area (Å²) in [5.41, 5.74) is 5.38. The molecule has 7 heteroatoms. The molecule has 3 rings (SSSR count). The van der Waals surface area contributed by atoms with E-state index >= 15 is 0 Å². The molecule has 2 fully saturated rings. The van der Waals surface area contributed by atoms with Crippen molar-refractivity contribution in [1.29, 1.82) is 0 Å². The molecule has 92 valence electrons. The van der Waals surface area contributed by atoms with Crippen LogP contribution in [0.2, 0.25) is 5.28 Å². The van der Waals surface area contributed by atoms with E-state index in [0.717, 1.165) is 12.6 Å². The number of aliphatic hydroxyl groups is 1. The summed E-state index contributed by atoms with van der Waals surface area (Å²) in [6, 6.07) is 0. The smallest absolute Gasteiger partial charge is 0.224 e. The highest BCUT2D eigenvalue weighted by atomic mass is 35.5. The fourth-order valence-corrected chi connectivity index (χ4v) is 2.86. The summed E-state index contributed by atoms with van der Waals surface area (Å²) >= 11 is 5.65. The molecular weight excluding hydrogens is 247 g/mol. The van der Waals surface area contributed by atoms with Gasteiger partial charge in [-0.25, -0.2) is 9.37 Å². The third-order valence-corrected chi connectivity index (χ3v) is 4.03. The minimum Gasteiger partial charge on any atom is -0.396 e. The standard InChI is InChI=1S/C10H12ClFN4O/c11-8-14-1-6(12)7(15-8)16-3-9(5-17)2-10(9,13)4-16/h1,17H,2-5,13H2. The zero-order chi connectivity index (χ0) is 12.3. The van der Waals surface area contributed by atoms with E-state index in [-0.39, 0.29) is 23.1 Å². The van der Waals surface area contributed by atoms with Crippen molar-refractivity contribution in [2.24, 2.45) is 11.1 Å². The predicted octanol–water partition coefficient (Wildman–Crippen LogP) is 0.169. The Morgan fingerprint density at radius 3 is 3.00 bits per heavy atom. The lowest BCUT2D eigenvalue weighted by Gasteiger charge is -2.21. The van der Waals surface area contributed by atoms with Gasteiger partial charge in [0.1, 0.15) is 0 Å². The first-order valence-electron chi connectivity index (χ1n) is 5.32. The first-order chi connectivity index (χ1) is 8.00. The Bertz CT molecular complexity index is 487. The molecule has 17 heavy (non-hydrogen) atoms. The van der Waals surface area contributed by atoms with Gasteiger partial charge in [0.2, 0.25) is 5.28 Å². The molecule has 2 atom stereocenters. The number of halogens is 2. The van der Waals surface area contributed by atoms with Crippen molar-refractivity contribution in [3.05, 3.63) is 17.3 Å². The van der Waals surface area contributed by atoms with Crippen molar-refractivity contribution in [2.45, 2.75) is 12.0 Å². The van der Waals surface area contributed by atoms with Gasteiger partial charge in [0.25, 0.3) is 0 Å². The van der Waals surface area contributed by atoms with Crippen LogP contribution in [-0.2, 0) is 0 Å². The highest BCUT2D eigenvalue weighted by Gasteiger charge is 2.70. The number of piperidine rings is 1. The van der Waals surface area contributed by atoms with Crippen molar-refractivity contribution < 1.29 is 9.50 Å². The van der Waals surface area contributed by atoms with Crippen LogP contribution in [0.25, 0.3) is 0 Å². The van der Waals surface area contributed by atoms with Crippen molar-refractivity contribution in [2.75, 3.05) is 24.6 Å². The van der Waals surface area contributed by atoms with Crippen molar-refractivity contribution in [3.8, 4) is 0 Å². The molecular formula is C10H12ClFN4O. The Balaban J connectivity index is 1.91. The van der Waals surface area contributed by atoms with Gasteiger partial charge in [-0.15, -0.1) is 0 Å². The molecule has 1 aromatic heterocycles. The van der Waals surface area contributed by atoms with Crippen LogP contribution in [0.4, 0.5) is 10.2 Å². The van der Waals surface area contributed by atoms with Crippen LogP contribution in [0.15, 0.2) is 6.20 Å². The van der Waals surface area contributed by atoms with Crippen molar-refractivity contribution in [3.63, 3.8) is 0 Å². The van der Waals surface area contributed by atoms with E-state index in [1.807, 2.05) is 0 Å². The number of nitrogens with zero attached hydrogens (tertiary/aromatic N) is 3. The van der Waals surface area contributed by atoms with Crippen LogP contribution in [0.1, 0.15) is 6.42 Å². The van der Waals surface area contributed by atoms with Gasteiger partial charge in [-0.2, -0.15) is 4.98 Å². The third-order valence-electron chi connectivity index (χ3n) is 3.85. The van der Waals surface area contributed by atoms with Crippen molar-refractivity contribution >= 4 is 17.4 Å². The lowest BCUT2D eigenvalue weighted by molar-refractivity contribution is 0.211. The molecule has 0 amide bonds. The van der Waals surface area contributed by atoms with Crippen LogP contribution in [-0.4, -0.2) is 40.3 Å². The molecule has 2 heterocycles. The van der Waals surface area contributed by atoms with Gasteiger partial charge in [0.05, 0.1) is 12.8 Å². The minimum absolute atomic E-state index is 0.00564. The SMILES string of the molecule is NC12CN(c3nc(Cl)ncc3F)CC1(CO)C2. The molecule has 2 unspecified atom stereocenters. The van der Waals surface area contributed by atoms with Gasteiger partial charge in [-0.1, -0.05) is 0 Å². The molecule has 3 N–H and O–H groups in total.